The Bertz CT molecular complexity index is 790. The van der Waals surface area contributed by atoms with Crippen molar-refractivity contribution in [1.82, 2.24) is 10.6 Å². The van der Waals surface area contributed by atoms with Gasteiger partial charge in [-0.2, -0.15) is 0 Å². The molecule has 0 aliphatic carbocycles. The lowest BCUT2D eigenvalue weighted by atomic mass is 10.2. The molecule has 0 unspecified atom stereocenters. The van der Waals surface area contributed by atoms with Crippen LogP contribution in [0.3, 0.4) is 0 Å². The van der Waals surface area contributed by atoms with Crippen molar-refractivity contribution in [3.05, 3.63) is 54.0 Å². The van der Waals surface area contributed by atoms with Gasteiger partial charge in [-0.3, -0.25) is 9.59 Å². The van der Waals surface area contributed by atoms with Crippen LogP contribution in [0.15, 0.2) is 52.0 Å². The Hall–Kier alpha value is -2.74. The van der Waals surface area contributed by atoms with Crippen LogP contribution in [0.25, 0.3) is 0 Å². The summed E-state index contributed by atoms with van der Waals surface area (Å²) in [7, 11) is 0. The molecule has 2 amide bonds. The lowest BCUT2D eigenvalue weighted by molar-refractivity contribution is -0.124. The number of hydrogen-bond donors (Lipinski definition) is 2. The van der Waals surface area contributed by atoms with E-state index in [2.05, 4.69) is 10.6 Å². The van der Waals surface area contributed by atoms with E-state index in [0.717, 1.165) is 0 Å². The maximum atomic E-state index is 12.3. The zero-order valence-corrected chi connectivity index (χ0v) is 16.7. The van der Waals surface area contributed by atoms with Gasteiger partial charge < -0.3 is 19.8 Å². The second-order valence-corrected chi connectivity index (χ2v) is 7.43. The Morgan fingerprint density at radius 2 is 1.86 bits per heavy atom. The molecule has 2 aromatic rings. The first-order valence-electron chi connectivity index (χ1n) is 8.90. The summed E-state index contributed by atoms with van der Waals surface area (Å²) in [6.07, 6.45) is 1.54. The molecule has 2 N–H and O–H groups in total. The highest BCUT2D eigenvalue weighted by Crippen LogP contribution is 2.23. The Kier molecular flexibility index (Phi) is 8.61. The van der Waals surface area contributed by atoms with Gasteiger partial charge in [-0.1, -0.05) is 26.0 Å². The lowest BCUT2D eigenvalue weighted by Gasteiger charge is -2.10. The van der Waals surface area contributed by atoms with Crippen molar-refractivity contribution in [2.24, 2.45) is 5.92 Å². The van der Waals surface area contributed by atoms with E-state index in [4.69, 9.17) is 9.15 Å². The minimum Gasteiger partial charge on any atom is -0.467 e. The fourth-order valence-corrected chi connectivity index (χ4v) is 3.00. The molecule has 150 valence electrons. The summed E-state index contributed by atoms with van der Waals surface area (Å²) < 4.78 is 10.2. The molecule has 0 fully saturated rings. The summed E-state index contributed by atoms with van der Waals surface area (Å²) in [4.78, 5) is 36.6. The van der Waals surface area contributed by atoms with Crippen LogP contribution < -0.4 is 10.6 Å². The van der Waals surface area contributed by atoms with E-state index in [1.54, 1.807) is 42.7 Å². The zero-order chi connectivity index (χ0) is 20.4. The van der Waals surface area contributed by atoms with Crippen molar-refractivity contribution in [3.63, 3.8) is 0 Å². The minimum atomic E-state index is -0.598. The first kappa shape index (κ1) is 21.6. The third-order valence-corrected chi connectivity index (χ3v) is 4.62. The Balaban J connectivity index is 1.83. The van der Waals surface area contributed by atoms with Crippen LogP contribution >= 0.6 is 11.8 Å². The number of carbonyl (C=O) groups is 3. The predicted molar refractivity (Wildman–Crippen MR) is 106 cm³/mol. The van der Waals surface area contributed by atoms with Gasteiger partial charge in [0.2, 0.25) is 5.91 Å². The quantitative estimate of drug-likeness (QED) is 0.467. The monoisotopic (exact) mass is 404 g/mol. The number of benzene rings is 1. The molecule has 0 saturated heterocycles. The highest BCUT2D eigenvalue weighted by molar-refractivity contribution is 8.00. The van der Waals surface area contributed by atoms with Gasteiger partial charge >= 0.3 is 5.97 Å². The molecule has 1 heterocycles. The number of rotatable bonds is 10. The van der Waals surface area contributed by atoms with Gasteiger partial charge in [0.15, 0.2) is 6.61 Å². The van der Waals surface area contributed by atoms with Crippen LogP contribution in [0.2, 0.25) is 0 Å². The minimum absolute atomic E-state index is 0.139. The van der Waals surface area contributed by atoms with Crippen LogP contribution in [0.4, 0.5) is 0 Å². The van der Waals surface area contributed by atoms with Crippen molar-refractivity contribution in [3.8, 4) is 0 Å². The van der Waals surface area contributed by atoms with E-state index >= 15 is 0 Å². The molecule has 1 aromatic carbocycles. The molecule has 28 heavy (non-hydrogen) atoms. The SMILES string of the molecule is CC(C)CNC(=O)COC(=O)c1ccccc1SCC(=O)NCc1ccco1. The third-order valence-electron chi connectivity index (χ3n) is 3.55. The largest absolute Gasteiger partial charge is 0.467 e. The van der Waals surface area contributed by atoms with E-state index in [1.165, 1.54) is 11.8 Å². The molecule has 0 aliphatic heterocycles. The van der Waals surface area contributed by atoms with Gasteiger partial charge in [0.05, 0.1) is 24.1 Å². The van der Waals surface area contributed by atoms with Crippen LogP contribution in [0.5, 0.6) is 0 Å². The number of amides is 2. The summed E-state index contributed by atoms with van der Waals surface area (Å²) in [5, 5.41) is 5.43. The second kappa shape index (κ2) is 11.2. The van der Waals surface area contributed by atoms with Gasteiger partial charge in [-0.05, 0) is 30.2 Å². The molecular weight excluding hydrogens is 380 g/mol. The summed E-state index contributed by atoms with van der Waals surface area (Å²) in [5.74, 6) is -0.00504. The Morgan fingerprint density at radius 3 is 2.57 bits per heavy atom. The molecule has 0 radical (unpaired) electrons. The van der Waals surface area contributed by atoms with Crippen molar-refractivity contribution in [2.75, 3.05) is 18.9 Å². The predicted octanol–water partition coefficient (Wildman–Crippen LogP) is 2.62. The average molecular weight is 404 g/mol. The number of hydrogen-bond acceptors (Lipinski definition) is 6. The summed E-state index contributed by atoms with van der Waals surface area (Å²) in [6, 6.07) is 10.3. The molecule has 8 heteroatoms. The van der Waals surface area contributed by atoms with E-state index in [-0.39, 0.29) is 24.2 Å². The fraction of sp³-hybridized carbons (Fsp3) is 0.350. The van der Waals surface area contributed by atoms with Crippen molar-refractivity contribution in [2.45, 2.75) is 25.3 Å². The molecule has 7 nitrogen and oxygen atoms in total. The first-order chi connectivity index (χ1) is 13.5. The number of furan rings is 1. The number of nitrogens with one attached hydrogen (secondary N) is 2. The molecular formula is C20H24N2O5S. The molecule has 0 spiro atoms. The third kappa shape index (κ3) is 7.48. The van der Waals surface area contributed by atoms with Crippen LogP contribution in [0.1, 0.15) is 30.0 Å². The van der Waals surface area contributed by atoms with Crippen LogP contribution in [0, 0.1) is 5.92 Å². The molecule has 2 rings (SSSR count). The smallest absolute Gasteiger partial charge is 0.339 e. The fourth-order valence-electron chi connectivity index (χ4n) is 2.13. The van der Waals surface area contributed by atoms with Crippen molar-refractivity contribution in [1.29, 1.82) is 0 Å². The number of esters is 1. The lowest BCUT2D eigenvalue weighted by Crippen LogP contribution is -2.31. The van der Waals surface area contributed by atoms with E-state index in [9.17, 15) is 14.4 Å². The summed E-state index contributed by atoms with van der Waals surface area (Å²) in [5.41, 5.74) is 0.322. The van der Waals surface area contributed by atoms with Gasteiger partial charge in [0.25, 0.3) is 5.91 Å². The zero-order valence-electron chi connectivity index (χ0n) is 15.9. The standard InChI is InChI=1S/C20H24N2O5S/c1-14(2)10-21-18(23)12-27-20(25)16-7-3-4-8-17(16)28-13-19(24)22-11-15-6-5-9-26-15/h3-9,14H,10-13H2,1-2H3,(H,21,23)(H,22,24). The number of ether oxygens (including phenoxy) is 1. The summed E-state index contributed by atoms with van der Waals surface area (Å²) in [6.45, 7) is 4.45. The molecule has 1 aromatic heterocycles. The normalized spacial score (nSPS) is 10.5. The van der Waals surface area contributed by atoms with Gasteiger partial charge in [-0.25, -0.2) is 4.79 Å². The highest BCUT2D eigenvalue weighted by atomic mass is 32.2. The number of carbonyl (C=O) groups excluding carboxylic acids is 3. The van der Waals surface area contributed by atoms with Gasteiger partial charge in [-0.15, -0.1) is 11.8 Å². The van der Waals surface area contributed by atoms with Crippen LogP contribution in [-0.4, -0.2) is 36.7 Å². The van der Waals surface area contributed by atoms with E-state index in [1.807, 2.05) is 13.8 Å². The maximum Gasteiger partial charge on any atom is 0.339 e. The maximum absolute atomic E-state index is 12.3. The van der Waals surface area contributed by atoms with Gasteiger partial charge in [0, 0.05) is 11.4 Å². The van der Waals surface area contributed by atoms with Crippen molar-refractivity contribution < 1.29 is 23.5 Å². The first-order valence-corrected chi connectivity index (χ1v) is 9.89. The summed E-state index contributed by atoms with van der Waals surface area (Å²) >= 11 is 1.23. The molecule has 0 bridgehead atoms. The highest BCUT2D eigenvalue weighted by Gasteiger charge is 2.15. The average Bonchev–Trinajstić information content (AvgIpc) is 3.21. The molecule has 0 aliphatic rings. The Morgan fingerprint density at radius 1 is 1.07 bits per heavy atom. The Labute approximate surface area is 168 Å². The number of thioether (sulfide) groups is 1. The van der Waals surface area contributed by atoms with Gasteiger partial charge in [0.1, 0.15) is 5.76 Å². The second-order valence-electron chi connectivity index (χ2n) is 6.41. The van der Waals surface area contributed by atoms with Crippen molar-refractivity contribution >= 4 is 29.5 Å². The van der Waals surface area contributed by atoms with E-state index in [0.29, 0.717) is 35.2 Å². The van der Waals surface area contributed by atoms with Crippen LogP contribution in [-0.2, 0) is 20.9 Å². The topological polar surface area (TPSA) is 97.6 Å². The molecule has 0 atom stereocenters. The van der Waals surface area contributed by atoms with E-state index < -0.39 is 5.97 Å². The molecule has 0 saturated carbocycles.